The molecule has 0 fully saturated rings. The van der Waals surface area contributed by atoms with Gasteiger partial charge in [-0.15, -0.1) is 0 Å². The van der Waals surface area contributed by atoms with Crippen molar-refractivity contribution in [1.82, 2.24) is 0 Å². The van der Waals surface area contributed by atoms with E-state index in [0.717, 1.165) is 30.6 Å². The fourth-order valence-electron chi connectivity index (χ4n) is 2.50. The molecule has 0 saturated carbocycles. The van der Waals surface area contributed by atoms with Crippen molar-refractivity contribution in [1.29, 1.82) is 0 Å². The Balaban J connectivity index is 1.71. The van der Waals surface area contributed by atoms with Crippen LogP contribution in [0.3, 0.4) is 0 Å². The zero-order valence-electron chi connectivity index (χ0n) is 13.1. The Kier molecular flexibility index (Phi) is 6.41. The Hall–Kier alpha value is -1.87. The summed E-state index contributed by atoms with van der Waals surface area (Å²) >= 11 is 0. The van der Waals surface area contributed by atoms with Crippen LogP contribution in [0.5, 0.6) is 5.75 Å². The average Bonchev–Trinajstić information content (AvgIpc) is 2.52. The van der Waals surface area contributed by atoms with Crippen molar-refractivity contribution in [3.8, 4) is 5.75 Å². The summed E-state index contributed by atoms with van der Waals surface area (Å²) in [6, 6.07) is 14.8. The summed E-state index contributed by atoms with van der Waals surface area (Å²) in [6.45, 7) is 3.30. The largest absolute Gasteiger partial charge is 0.494 e. The van der Waals surface area contributed by atoms with Gasteiger partial charge in [0.05, 0.1) is 6.61 Å². The van der Waals surface area contributed by atoms with E-state index in [2.05, 4.69) is 6.92 Å². The molecule has 1 atom stereocenters. The molecule has 0 aliphatic carbocycles. The first kappa shape index (κ1) is 16.5. The van der Waals surface area contributed by atoms with Gasteiger partial charge in [-0.1, -0.05) is 29.8 Å². The van der Waals surface area contributed by atoms with Gasteiger partial charge >= 0.3 is 0 Å². The maximum Gasteiger partial charge on any atom is 0.123 e. The average molecular weight is 301 g/mol. The van der Waals surface area contributed by atoms with Crippen molar-refractivity contribution >= 4 is 0 Å². The van der Waals surface area contributed by atoms with Gasteiger partial charge in [-0.05, 0) is 68.5 Å². The predicted molar refractivity (Wildman–Crippen MR) is 88.7 cm³/mol. The third-order valence-corrected chi connectivity index (χ3v) is 3.84. The van der Waals surface area contributed by atoms with E-state index in [9.17, 15) is 4.39 Å². The van der Waals surface area contributed by atoms with Crippen LogP contribution in [0, 0.1) is 12.7 Å². The Bertz CT molecular complexity index is 568. The second-order valence-corrected chi connectivity index (χ2v) is 5.64. The molecule has 0 aliphatic heterocycles. The van der Waals surface area contributed by atoms with E-state index in [1.165, 1.54) is 11.6 Å². The normalized spacial score (nSPS) is 12.1. The number of aryl methyl sites for hydroxylation is 1. The molecule has 3 heteroatoms. The van der Waals surface area contributed by atoms with Gasteiger partial charge in [-0.3, -0.25) is 0 Å². The minimum atomic E-state index is -0.196. The van der Waals surface area contributed by atoms with E-state index in [-0.39, 0.29) is 11.7 Å². The van der Waals surface area contributed by atoms with Crippen LogP contribution in [0.4, 0.5) is 4.39 Å². The van der Waals surface area contributed by atoms with Gasteiger partial charge in [0.15, 0.2) is 0 Å². The SMILES string of the molecule is Cc1ccc(OCCCCC(CN)c2cccc(F)c2)cc1. The Labute approximate surface area is 132 Å². The van der Waals surface area contributed by atoms with Gasteiger partial charge in [-0.25, -0.2) is 4.39 Å². The Morgan fingerprint density at radius 3 is 2.55 bits per heavy atom. The van der Waals surface area contributed by atoms with Crippen LogP contribution in [-0.4, -0.2) is 13.2 Å². The lowest BCUT2D eigenvalue weighted by atomic mass is 9.93. The van der Waals surface area contributed by atoms with Crippen LogP contribution in [0.15, 0.2) is 48.5 Å². The van der Waals surface area contributed by atoms with Crippen LogP contribution in [0.2, 0.25) is 0 Å². The van der Waals surface area contributed by atoms with Crippen molar-refractivity contribution in [2.75, 3.05) is 13.2 Å². The number of unbranched alkanes of at least 4 members (excludes halogenated alkanes) is 1. The molecule has 0 aliphatic rings. The first-order valence-electron chi connectivity index (χ1n) is 7.84. The maximum absolute atomic E-state index is 13.3. The van der Waals surface area contributed by atoms with Gasteiger partial charge in [0, 0.05) is 0 Å². The molecule has 0 bridgehead atoms. The van der Waals surface area contributed by atoms with E-state index in [1.54, 1.807) is 12.1 Å². The zero-order valence-corrected chi connectivity index (χ0v) is 13.1. The topological polar surface area (TPSA) is 35.2 Å². The predicted octanol–water partition coefficient (Wildman–Crippen LogP) is 4.43. The standard InChI is InChI=1S/C19H24FNO/c1-15-8-10-19(11-9-15)22-12-3-2-5-17(14-21)16-6-4-7-18(20)13-16/h4,6-11,13,17H,2-3,5,12,14,21H2,1H3. The third kappa shape index (κ3) is 5.15. The van der Waals surface area contributed by atoms with Crippen molar-refractivity contribution in [2.24, 2.45) is 5.73 Å². The molecular weight excluding hydrogens is 277 g/mol. The lowest BCUT2D eigenvalue weighted by molar-refractivity contribution is 0.303. The van der Waals surface area contributed by atoms with Crippen LogP contribution < -0.4 is 10.5 Å². The summed E-state index contributed by atoms with van der Waals surface area (Å²) in [6.07, 6.45) is 2.95. The number of nitrogens with two attached hydrogens (primary N) is 1. The van der Waals surface area contributed by atoms with E-state index in [1.807, 2.05) is 30.3 Å². The number of hydrogen-bond acceptors (Lipinski definition) is 2. The smallest absolute Gasteiger partial charge is 0.123 e. The minimum absolute atomic E-state index is 0.196. The molecule has 0 spiro atoms. The molecule has 2 N–H and O–H groups in total. The van der Waals surface area contributed by atoms with Gasteiger partial charge in [0.2, 0.25) is 0 Å². The van der Waals surface area contributed by atoms with Crippen molar-refractivity contribution < 1.29 is 9.13 Å². The van der Waals surface area contributed by atoms with Gasteiger partial charge in [0.1, 0.15) is 11.6 Å². The third-order valence-electron chi connectivity index (χ3n) is 3.84. The van der Waals surface area contributed by atoms with E-state index < -0.39 is 0 Å². The van der Waals surface area contributed by atoms with E-state index in [0.29, 0.717) is 13.2 Å². The lowest BCUT2D eigenvalue weighted by Crippen LogP contribution is -2.13. The Morgan fingerprint density at radius 1 is 1.09 bits per heavy atom. The summed E-state index contributed by atoms with van der Waals surface area (Å²) in [5.74, 6) is 0.930. The molecule has 2 aromatic rings. The van der Waals surface area contributed by atoms with Crippen LogP contribution in [-0.2, 0) is 0 Å². The molecule has 0 heterocycles. The highest BCUT2D eigenvalue weighted by atomic mass is 19.1. The fourth-order valence-corrected chi connectivity index (χ4v) is 2.50. The molecule has 0 radical (unpaired) electrons. The zero-order chi connectivity index (χ0) is 15.8. The molecule has 2 aromatic carbocycles. The monoisotopic (exact) mass is 301 g/mol. The highest BCUT2D eigenvalue weighted by molar-refractivity contribution is 5.26. The summed E-state index contributed by atoms with van der Waals surface area (Å²) in [7, 11) is 0. The molecule has 0 amide bonds. The van der Waals surface area contributed by atoms with Crippen LogP contribution >= 0.6 is 0 Å². The summed E-state index contributed by atoms with van der Waals surface area (Å²) in [4.78, 5) is 0. The summed E-state index contributed by atoms with van der Waals surface area (Å²) in [5.41, 5.74) is 8.04. The minimum Gasteiger partial charge on any atom is -0.494 e. The van der Waals surface area contributed by atoms with Gasteiger partial charge in [0.25, 0.3) is 0 Å². The van der Waals surface area contributed by atoms with Crippen molar-refractivity contribution in [3.05, 3.63) is 65.5 Å². The lowest BCUT2D eigenvalue weighted by Gasteiger charge is -2.15. The molecule has 22 heavy (non-hydrogen) atoms. The number of rotatable bonds is 8. The van der Waals surface area contributed by atoms with Crippen molar-refractivity contribution in [2.45, 2.75) is 32.1 Å². The molecule has 1 unspecified atom stereocenters. The fraction of sp³-hybridized carbons (Fsp3) is 0.368. The second-order valence-electron chi connectivity index (χ2n) is 5.64. The summed E-state index contributed by atoms with van der Waals surface area (Å²) in [5, 5.41) is 0. The Morgan fingerprint density at radius 2 is 1.86 bits per heavy atom. The van der Waals surface area contributed by atoms with Crippen LogP contribution in [0.1, 0.15) is 36.3 Å². The quantitative estimate of drug-likeness (QED) is 0.732. The highest BCUT2D eigenvalue weighted by Gasteiger charge is 2.10. The van der Waals surface area contributed by atoms with Crippen molar-refractivity contribution in [3.63, 3.8) is 0 Å². The molecule has 0 saturated heterocycles. The molecular formula is C19H24FNO. The summed E-state index contributed by atoms with van der Waals surface area (Å²) < 4.78 is 19.0. The molecule has 2 rings (SSSR count). The first-order valence-corrected chi connectivity index (χ1v) is 7.84. The van der Waals surface area contributed by atoms with Crippen LogP contribution in [0.25, 0.3) is 0 Å². The number of ether oxygens (including phenoxy) is 1. The molecule has 0 aromatic heterocycles. The van der Waals surface area contributed by atoms with E-state index in [4.69, 9.17) is 10.5 Å². The first-order chi connectivity index (χ1) is 10.7. The molecule has 118 valence electrons. The molecule has 2 nitrogen and oxygen atoms in total. The van der Waals surface area contributed by atoms with Gasteiger partial charge in [-0.2, -0.15) is 0 Å². The second kappa shape index (κ2) is 8.54. The number of hydrogen-bond donors (Lipinski definition) is 1. The highest BCUT2D eigenvalue weighted by Crippen LogP contribution is 2.22. The van der Waals surface area contributed by atoms with Gasteiger partial charge < -0.3 is 10.5 Å². The maximum atomic E-state index is 13.3. The van der Waals surface area contributed by atoms with E-state index >= 15 is 0 Å². The number of halogens is 1. The number of benzene rings is 2.